The molecule has 0 heterocycles. The standard InChI is InChI=1S/C37H75NO4/c1-5-7-9-11-13-15-17-19-21-23-25-27-29-31-36(39)41-34-35(33-38(3)4)42-37(40)32-30-28-26-24-22-20-18-16-14-12-10-8-6-2/h35-36,39H,5-34H2,1-4H3/t35?,36-/m0/s1. The lowest BCUT2D eigenvalue weighted by molar-refractivity contribution is -0.164. The van der Waals surface area contributed by atoms with E-state index in [0.29, 0.717) is 19.4 Å². The lowest BCUT2D eigenvalue weighted by atomic mass is 10.0. The summed E-state index contributed by atoms with van der Waals surface area (Å²) in [6.45, 7) is 5.41. The van der Waals surface area contributed by atoms with Crippen LogP contribution in [0.3, 0.4) is 0 Å². The van der Waals surface area contributed by atoms with Crippen molar-refractivity contribution >= 4 is 5.97 Å². The third-order valence-electron chi connectivity index (χ3n) is 8.38. The SMILES string of the molecule is CCCCCCCCCCCCCCCC(=O)OC(CO[C@H](O)CCCCCCCCCCCCCCC)CN(C)C. The van der Waals surface area contributed by atoms with Gasteiger partial charge in [-0.25, -0.2) is 0 Å². The van der Waals surface area contributed by atoms with Crippen LogP contribution in [0.4, 0.5) is 0 Å². The second-order valence-corrected chi connectivity index (χ2v) is 13.2. The lowest BCUT2D eigenvalue weighted by Crippen LogP contribution is -2.35. The van der Waals surface area contributed by atoms with Crippen molar-refractivity contribution in [3.05, 3.63) is 0 Å². The van der Waals surface area contributed by atoms with Crippen molar-refractivity contribution < 1.29 is 19.4 Å². The van der Waals surface area contributed by atoms with E-state index in [2.05, 4.69) is 13.8 Å². The summed E-state index contributed by atoms with van der Waals surface area (Å²) >= 11 is 0. The van der Waals surface area contributed by atoms with E-state index in [1.807, 2.05) is 19.0 Å². The number of hydrogen-bond acceptors (Lipinski definition) is 5. The van der Waals surface area contributed by atoms with Gasteiger partial charge in [-0.15, -0.1) is 0 Å². The number of carbonyl (C=O) groups is 1. The minimum absolute atomic E-state index is 0.139. The number of likely N-dealkylation sites (N-methyl/N-ethyl adjacent to an activating group) is 1. The van der Waals surface area contributed by atoms with E-state index >= 15 is 0 Å². The average Bonchev–Trinajstić information content (AvgIpc) is 2.96. The van der Waals surface area contributed by atoms with Gasteiger partial charge in [-0.3, -0.25) is 4.79 Å². The number of aliphatic hydroxyl groups is 1. The van der Waals surface area contributed by atoms with Crippen LogP contribution in [0, 0.1) is 0 Å². The normalized spacial score (nSPS) is 13.1. The molecule has 1 unspecified atom stereocenters. The van der Waals surface area contributed by atoms with Gasteiger partial charge in [-0.2, -0.15) is 0 Å². The Balaban J connectivity index is 3.74. The van der Waals surface area contributed by atoms with E-state index in [1.54, 1.807) is 0 Å². The summed E-state index contributed by atoms with van der Waals surface area (Å²) in [5.41, 5.74) is 0. The number of unbranched alkanes of at least 4 members (excludes halogenated alkanes) is 24. The van der Waals surface area contributed by atoms with E-state index < -0.39 is 6.29 Å². The summed E-state index contributed by atoms with van der Waals surface area (Å²) in [7, 11) is 3.94. The van der Waals surface area contributed by atoms with Crippen molar-refractivity contribution in [2.75, 3.05) is 27.2 Å². The van der Waals surface area contributed by atoms with E-state index in [1.165, 1.54) is 141 Å². The van der Waals surface area contributed by atoms with Gasteiger partial charge in [0.05, 0.1) is 6.61 Å². The lowest BCUT2D eigenvalue weighted by Gasteiger charge is -2.23. The highest BCUT2D eigenvalue weighted by Gasteiger charge is 2.18. The van der Waals surface area contributed by atoms with Crippen molar-refractivity contribution in [1.82, 2.24) is 4.90 Å². The molecule has 0 aliphatic carbocycles. The molecule has 42 heavy (non-hydrogen) atoms. The van der Waals surface area contributed by atoms with E-state index in [4.69, 9.17) is 9.47 Å². The number of ether oxygens (including phenoxy) is 2. The molecule has 5 nitrogen and oxygen atoms in total. The Hall–Kier alpha value is -0.650. The topological polar surface area (TPSA) is 59.0 Å². The minimum Gasteiger partial charge on any atom is -0.459 e. The van der Waals surface area contributed by atoms with Gasteiger partial charge in [-0.05, 0) is 33.4 Å². The zero-order valence-corrected chi connectivity index (χ0v) is 29.0. The number of aliphatic hydroxyl groups excluding tert-OH is 1. The highest BCUT2D eigenvalue weighted by atomic mass is 16.6. The first-order valence-electron chi connectivity index (χ1n) is 18.6. The van der Waals surface area contributed by atoms with Crippen molar-refractivity contribution in [1.29, 1.82) is 0 Å². The molecule has 0 radical (unpaired) electrons. The highest BCUT2D eigenvalue weighted by Crippen LogP contribution is 2.15. The number of nitrogens with zero attached hydrogens (tertiary/aromatic N) is 1. The largest absolute Gasteiger partial charge is 0.459 e. The summed E-state index contributed by atoms with van der Waals surface area (Å²) < 4.78 is 11.4. The maximum Gasteiger partial charge on any atom is 0.306 e. The van der Waals surface area contributed by atoms with Gasteiger partial charge in [0.1, 0.15) is 6.10 Å². The fraction of sp³-hybridized carbons (Fsp3) is 0.973. The Morgan fingerprint density at radius 3 is 1.31 bits per heavy atom. The summed E-state index contributed by atoms with van der Waals surface area (Å²) in [5, 5.41) is 10.3. The van der Waals surface area contributed by atoms with Gasteiger partial charge >= 0.3 is 5.97 Å². The van der Waals surface area contributed by atoms with Gasteiger partial charge in [0.15, 0.2) is 6.29 Å². The third-order valence-corrected chi connectivity index (χ3v) is 8.38. The maximum absolute atomic E-state index is 12.4. The number of rotatable bonds is 34. The fourth-order valence-electron chi connectivity index (χ4n) is 5.70. The molecule has 0 aliphatic rings. The molecule has 0 aromatic rings. The molecule has 2 atom stereocenters. The number of carbonyl (C=O) groups excluding carboxylic acids is 1. The van der Waals surface area contributed by atoms with Gasteiger partial charge in [0, 0.05) is 13.0 Å². The Kier molecular flexibility index (Phi) is 32.7. The van der Waals surface area contributed by atoms with Crippen molar-refractivity contribution in [3.8, 4) is 0 Å². The molecular formula is C37H75NO4. The average molecular weight is 598 g/mol. The first-order chi connectivity index (χ1) is 20.5. The van der Waals surface area contributed by atoms with Crippen LogP contribution >= 0.6 is 0 Å². The second kappa shape index (κ2) is 33.2. The quantitative estimate of drug-likeness (QED) is 0.0454. The Labute approximate surface area is 263 Å². The van der Waals surface area contributed by atoms with E-state index in [0.717, 1.165) is 25.7 Å². The molecule has 0 aromatic carbocycles. The smallest absolute Gasteiger partial charge is 0.306 e. The predicted molar refractivity (Wildman–Crippen MR) is 181 cm³/mol. The molecule has 1 N–H and O–H groups in total. The van der Waals surface area contributed by atoms with Crippen molar-refractivity contribution in [2.24, 2.45) is 0 Å². The van der Waals surface area contributed by atoms with Crippen molar-refractivity contribution in [3.63, 3.8) is 0 Å². The molecule has 0 bridgehead atoms. The van der Waals surface area contributed by atoms with Crippen LogP contribution in [0.25, 0.3) is 0 Å². The van der Waals surface area contributed by atoms with Gasteiger partial charge < -0.3 is 19.5 Å². The first-order valence-corrected chi connectivity index (χ1v) is 18.6. The van der Waals surface area contributed by atoms with E-state index in [9.17, 15) is 9.90 Å². The molecule has 0 aromatic heterocycles. The summed E-state index contributed by atoms with van der Waals surface area (Å²) in [4.78, 5) is 14.4. The van der Waals surface area contributed by atoms with Gasteiger partial charge in [0.2, 0.25) is 0 Å². The molecule has 252 valence electrons. The Morgan fingerprint density at radius 2 is 0.929 bits per heavy atom. The van der Waals surface area contributed by atoms with Crippen LogP contribution in [-0.4, -0.2) is 55.6 Å². The Bertz CT molecular complexity index is 542. The number of esters is 1. The van der Waals surface area contributed by atoms with Gasteiger partial charge in [0.25, 0.3) is 0 Å². The first kappa shape index (κ1) is 41.4. The second-order valence-electron chi connectivity index (χ2n) is 13.2. The monoisotopic (exact) mass is 598 g/mol. The maximum atomic E-state index is 12.4. The zero-order valence-electron chi connectivity index (χ0n) is 29.0. The molecule has 0 amide bonds. The van der Waals surface area contributed by atoms with Crippen LogP contribution in [0.5, 0.6) is 0 Å². The van der Waals surface area contributed by atoms with Gasteiger partial charge in [-0.1, -0.05) is 168 Å². The molecule has 0 aliphatic heterocycles. The van der Waals surface area contributed by atoms with Crippen LogP contribution < -0.4 is 0 Å². The van der Waals surface area contributed by atoms with Crippen LogP contribution in [0.2, 0.25) is 0 Å². The van der Waals surface area contributed by atoms with Crippen molar-refractivity contribution in [2.45, 2.75) is 206 Å². The van der Waals surface area contributed by atoms with Crippen LogP contribution in [0.1, 0.15) is 194 Å². The molecule has 5 heteroatoms. The molecule has 0 fully saturated rings. The summed E-state index contributed by atoms with van der Waals surface area (Å²) in [6.07, 6.45) is 34.0. The predicted octanol–water partition coefficient (Wildman–Crippen LogP) is 10.8. The molecule has 0 spiro atoms. The molecule has 0 saturated heterocycles. The highest BCUT2D eigenvalue weighted by molar-refractivity contribution is 5.69. The van der Waals surface area contributed by atoms with Crippen LogP contribution in [-0.2, 0) is 14.3 Å². The fourth-order valence-corrected chi connectivity index (χ4v) is 5.70. The molecule has 0 saturated carbocycles. The van der Waals surface area contributed by atoms with Crippen LogP contribution in [0.15, 0.2) is 0 Å². The zero-order chi connectivity index (χ0) is 30.9. The third kappa shape index (κ3) is 32.3. The molecular weight excluding hydrogens is 522 g/mol. The Morgan fingerprint density at radius 1 is 0.571 bits per heavy atom. The summed E-state index contributed by atoms with van der Waals surface area (Å²) in [5.74, 6) is -0.139. The molecule has 0 rings (SSSR count). The number of hydrogen-bond donors (Lipinski definition) is 1. The minimum atomic E-state index is -0.776. The van der Waals surface area contributed by atoms with E-state index in [-0.39, 0.29) is 18.7 Å². The summed E-state index contributed by atoms with van der Waals surface area (Å²) in [6, 6.07) is 0.